The highest BCUT2D eigenvalue weighted by atomic mass is 31.0. The average Bonchev–Trinajstić information content (AvgIpc) is 2.10. The fraction of sp³-hybridized carbons (Fsp3) is 1.00. The van der Waals surface area contributed by atoms with E-state index in [1.165, 1.54) is 0 Å². The summed E-state index contributed by atoms with van der Waals surface area (Å²) in [6.45, 7) is 1.05. The number of ether oxygens (including phenoxy) is 1. The predicted molar refractivity (Wildman–Crippen MR) is 37.0 cm³/mol. The molecule has 1 aliphatic heterocycles. The van der Waals surface area contributed by atoms with Crippen molar-refractivity contribution in [2.75, 3.05) is 6.61 Å². The van der Waals surface area contributed by atoms with E-state index in [0.29, 0.717) is 0 Å². The number of alkyl halides is 3. The molecule has 0 aromatic rings. The van der Waals surface area contributed by atoms with Crippen LogP contribution in [-0.2, 0) is 4.74 Å². The molecule has 1 fully saturated rings. The third kappa shape index (κ3) is 1.66. The van der Waals surface area contributed by atoms with E-state index in [2.05, 4.69) is 19.3 Å². The van der Waals surface area contributed by atoms with Crippen LogP contribution in [-0.4, -0.2) is 24.3 Å². The van der Waals surface area contributed by atoms with Crippen molar-refractivity contribution < 1.29 is 17.9 Å². The van der Waals surface area contributed by atoms with Crippen molar-refractivity contribution >= 4 is 9.24 Å². The van der Waals surface area contributed by atoms with Crippen LogP contribution in [0.4, 0.5) is 13.2 Å². The Morgan fingerprint density at radius 3 is 2.36 bits per heavy atom. The van der Waals surface area contributed by atoms with Gasteiger partial charge >= 0.3 is 6.18 Å². The molecule has 0 saturated carbocycles. The molecule has 1 saturated heterocycles. The van der Waals surface area contributed by atoms with Crippen molar-refractivity contribution in [2.24, 2.45) is 0 Å². The van der Waals surface area contributed by atoms with Gasteiger partial charge in [0.25, 0.3) is 0 Å². The number of rotatable bonds is 0. The summed E-state index contributed by atoms with van der Waals surface area (Å²) in [7, 11) is 2.24. The standard InChI is InChI=1S/C5H9F3NOP/c1-4(5(6,7)8)9-3(11)2-10-4/h3,9H,2,11H2,1H3. The third-order valence-corrected chi connectivity index (χ3v) is 1.91. The van der Waals surface area contributed by atoms with Gasteiger partial charge in [-0.3, -0.25) is 5.32 Å². The summed E-state index contributed by atoms with van der Waals surface area (Å²) in [5.74, 6) is -0.318. The zero-order valence-electron chi connectivity index (χ0n) is 5.90. The Labute approximate surface area is 64.7 Å². The van der Waals surface area contributed by atoms with E-state index < -0.39 is 11.9 Å². The summed E-state index contributed by atoms with van der Waals surface area (Å²) < 4.78 is 40.9. The summed E-state index contributed by atoms with van der Waals surface area (Å²) in [4.78, 5) is 0. The van der Waals surface area contributed by atoms with Crippen molar-refractivity contribution in [1.29, 1.82) is 0 Å². The fourth-order valence-electron chi connectivity index (χ4n) is 0.857. The lowest BCUT2D eigenvalue weighted by Gasteiger charge is -2.26. The Morgan fingerprint density at radius 1 is 1.64 bits per heavy atom. The first-order chi connectivity index (χ1) is 4.85. The number of hydrogen-bond donors (Lipinski definition) is 1. The number of halogens is 3. The van der Waals surface area contributed by atoms with Gasteiger partial charge in [0.1, 0.15) is 0 Å². The number of nitrogens with one attached hydrogen (secondary N) is 1. The number of hydrogen-bond acceptors (Lipinski definition) is 2. The minimum atomic E-state index is -4.35. The van der Waals surface area contributed by atoms with Crippen LogP contribution >= 0.6 is 9.24 Å². The van der Waals surface area contributed by atoms with Gasteiger partial charge in [-0.05, 0) is 6.92 Å². The molecule has 2 nitrogen and oxygen atoms in total. The minimum Gasteiger partial charge on any atom is -0.350 e. The monoisotopic (exact) mass is 187 g/mol. The second kappa shape index (κ2) is 2.57. The van der Waals surface area contributed by atoms with Crippen LogP contribution in [0.3, 0.4) is 0 Å². The molecule has 3 unspecified atom stereocenters. The molecule has 0 aromatic carbocycles. The van der Waals surface area contributed by atoms with Gasteiger partial charge in [0.05, 0.1) is 6.61 Å². The Kier molecular flexibility index (Phi) is 2.16. The normalized spacial score (nSPS) is 39.5. The minimum absolute atomic E-state index is 0.0701. The van der Waals surface area contributed by atoms with Crippen LogP contribution in [0.25, 0.3) is 0 Å². The van der Waals surface area contributed by atoms with Crippen LogP contribution in [0.2, 0.25) is 0 Å². The molecule has 0 bridgehead atoms. The molecular weight excluding hydrogens is 178 g/mol. The molecule has 0 amide bonds. The van der Waals surface area contributed by atoms with E-state index in [0.717, 1.165) is 6.92 Å². The highest BCUT2D eigenvalue weighted by Gasteiger charge is 2.55. The second-order valence-electron chi connectivity index (χ2n) is 2.59. The van der Waals surface area contributed by atoms with E-state index in [4.69, 9.17) is 0 Å². The first kappa shape index (κ1) is 9.23. The maximum atomic E-state index is 12.1. The van der Waals surface area contributed by atoms with Gasteiger partial charge in [-0.2, -0.15) is 13.2 Å². The van der Waals surface area contributed by atoms with Crippen LogP contribution in [0.1, 0.15) is 6.92 Å². The molecule has 1 rings (SSSR count). The van der Waals surface area contributed by atoms with E-state index in [-0.39, 0.29) is 12.4 Å². The van der Waals surface area contributed by atoms with Crippen molar-refractivity contribution in [3.8, 4) is 0 Å². The second-order valence-corrected chi connectivity index (χ2v) is 3.40. The molecule has 3 atom stereocenters. The van der Waals surface area contributed by atoms with Gasteiger partial charge in [-0.1, -0.05) is 0 Å². The quantitative estimate of drug-likeness (QED) is 0.573. The lowest BCUT2D eigenvalue weighted by atomic mass is 10.3. The fourth-order valence-corrected chi connectivity index (χ4v) is 1.27. The Morgan fingerprint density at radius 2 is 2.18 bits per heavy atom. The lowest BCUT2D eigenvalue weighted by molar-refractivity contribution is -0.263. The zero-order valence-corrected chi connectivity index (χ0v) is 7.06. The smallest absolute Gasteiger partial charge is 0.350 e. The predicted octanol–water partition coefficient (Wildman–Crippen LogP) is 1.09. The first-order valence-electron chi connectivity index (χ1n) is 3.09. The topological polar surface area (TPSA) is 21.3 Å². The van der Waals surface area contributed by atoms with E-state index in [1.807, 2.05) is 0 Å². The molecule has 66 valence electrons. The average molecular weight is 187 g/mol. The van der Waals surface area contributed by atoms with Crippen molar-refractivity contribution in [2.45, 2.75) is 24.6 Å². The lowest BCUT2D eigenvalue weighted by Crippen LogP contribution is -2.52. The highest BCUT2D eigenvalue weighted by Crippen LogP contribution is 2.35. The largest absolute Gasteiger partial charge is 0.430 e. The molecule has 6 heteroatoms. The van der Waals surface area contributed by atoms with E-state index in [9.17, 15) is 13.2 Å². The van der Waals surface area contributed by atoms with Gasteiger partial charge in [-0.25, -0.2) is 0 Å². The van der Waals surface area contributed by atoms with E-state index in [1.54, 1.807) is 0 Å². The molecule has 1 heterocycles. The summed E-state index contributed by atoms with van der Waals surface area (Å²) >= 11 is 0. The Bertz CT molecular complexity index is 162. The van der Waals surface area contributed by atoms with Gasteiger partial charge in [0.15, 0.2) is 0 Å². The van der Waals surface area contributed by atoms with Crippen LogP contribution in [0.15, 0.2) is 0 Å². The maximum Gasteiger partial charge on any atom is 0.430 e. The molecule has 0 aliphatic carbocycles. The molecule has 1 N–H and O–H groups in total. The highest BCUT2D eigenvalue weighted by molar-refractivity contribution is 7.17. The van der Waals surface area contributed by atoms with Gasteiger partial charge < -0.3 is 4.74 Å². The van der Waals surface area contributed by atoms with Gasteiger partial charge in [0, 0.05) is 5.78 Å². The zero-order chi connectivity index (χ0) is 8.70. The van der Waals surface area contributed by atoms with Crippen LogP contribution in [0.5, 0.6) is 0 Å². The first-order valence-corrected chi connectivity index (χ1v) is 3.76. The molecule has 0 radical (unpaired) electrons. The van der Waals surface area contributed by atoms with Crippen molar-refractivity contribution in [1.82, 2.24) is 5.32 Å². The van der Waals surface area contributed by atoms with Gasteiger partial charge in [0.2, 0.25) is 5.72 Å². The van der Waals surface area contributed by atoms with E-state index >= 15 is 0 Å². The summed E-state index contributed by atoms with van der Waals surface area (Å²) in [5.41, 5.74) is -2.17. The molecular formula is C5H9F3NOP. The van der Waals surface area contributed by atoms with Crippen molar-refractivity contribution in [3.63, 3.8) is 0 Å². The molecule has 0 aromatic heterocycles. The maximum absolute atomic E-state index is 12.1. The van der Waals surface area contributed by atoms with Crippen molar-refractivity contribution in [3.05, 3.63) is 0 Å². The van der Waals surface area contributed by atoms with Crippen LogP contribution < -0.4 is 5.32 Å². The molecule has 0 spiro atoms. The molecule has 11 heavy (non-hydrogen) atoms. The Hall–Kier alpha value is 0.140. The van der Waals surface area contributed by atoms with Crippen LogP contribution in [0, 0.1) is 0 Å². The summed E-state index contributed by atoms with van der Waals surface area (Å²) in [6.07, 6.45) is -4.35. The summed E-state index contributed by atoms with van der Waals surface area (Å²) in [6, 6.07) is 0. The summed E-state index contributed by atoms with van der Waals surface area (Å²) in [5, 5.41) is 2.29. The SMILES string of the molecule is CC1(C(F)(F)F)NC(P)CO1. The Balaban J connectivity index is 2.69. The van der Waals surface area contributed by atoms with Gasteiger partial charge in [-0.15, -0.1) is 9.24 Å². The molecule has 1 aliphatic rings. The third-order valence-electron chi connectivity index (χ3n) is 1.55.